The average molecular weight is 1400 g/mol. The van der Waals surface area contributed by atoms with Crippen molar-refractivity contribution in [2.75, 3.05) is 145 Å². The Morgan fingerprint density at radius 3 is 1.41 bits per heavy atom. The number of carbonyl (C=O) groups excluding carboxylic acids is 9. The summed E-state index contributed by atoms with van der Waals surface area (Å²) < 4.78 is 43.1. The number of aromatic nitrogens is 2. The number of aliphatic hydroxyl groups is 1. The fraction of sp³-hybridized carbons (Fsp3) is 0.791. The number of aliphatic carboxylic acids is 2. The van der Waals surface area contributed by atoms with E-state index in [1.165, 1.54) is 45.4 Å². The van der Waals surface area contributed by atoms with E-state index in [4.69, 9.17) is 48.7 Å². The Bertz CT molecular complexity index is 2320. The zero-order chi connectivity index (χ0) is 71.9. The molecule has 0 spiro atoms. The van der Waals surface area contributed by atoms with Crippen LogP contribution in [0.3, 0.4) is 0 Å². The van der Waals surface area contributed by atoms with Gasteiger partial charge in [0.25, 0.3) is 0 Å². The molecule has 0 aliphatic carbocycles. The van der Waals surface area contributed by atoms with Crippen LogP contribution < -0.4 is 37.6 Å². The number of amides is 5. The van der Waals surface area contributed by atoms with Gasteiger partial charge in [-0.3, -0.25) is 53.3 Å². The minimum Gasteiger partial charge on any atom is -0.481 e. The normalized spacial score (nSPS) is 12.5. The summed E-state index contributed by atoms with van der Waals surface area (Å²) >= 11 is 0. The maximum Gasteiger partial charge on any atom is 0.326 e. The smallest absolute Gasteiger partial charge is 0.326 e. The molecule has 562 valence electrons. The summed E-state index contributed by atoms with van der Waals surface area (Å²) in [5.41, 5.74) is 6.82. The summed E-state index contributed by atoms with van der Waals surface area (Å²) in [5.74, 6) is -4.92. The highest BCUT2D eigenvalue weighted by Crippen LogP contribution is 2.18. The first-order valence-electron chi connectivity index (χ1n) is 35.0. The number of hydrogen-bond acceptors (Lipinski definition) is 23. The third-order valence-corrected chi connectivity index (χ3v) is 15.3. The first kappa shape index (κ1) is 89.8. The van der Waals surface area contributed by atoms with Crippen molar-refractivity contribution in [3.05, 3.63) is 18.2 Å². The van der Waals surface area contributed by atoms with Crippen LogP contribution in [0.2, 0.25) is 0 Å². The number of aromatic amines is 1. The average Bonchev–Trinajstić information content (AvgIpc) is 1.51. The molecule has 1 unspecified atom stereocenters. The second-order valence-electron chi connectivity index (χ2n) is 23.8. The lowest BCUT2D eigenvalue weighted by Gasteiger charge is -2.19. The number of nitrogens with one attached hydrogen (secondary N) is 7. The number of ether oxygens (including phenoxy) is 8. The Morgan fingerprint density at radius 1 is 0.459 bits per heavy atom. The number of ketones is 4. The quantitative estimate of drug-likeness (QED) is 0.0416. The Morgan fingerprint density at radius 2 is 0.929 bits per heavy atom. The molecule has 0 aromatic carbocycles. The van der Waals surface area contributed by atoms with Crippen molar-refractivity contribution >= 4 is 64.6 Å². The number of carboxylic acids is 2. The fourth-order valence-corrected chi connectivity index (χ4v) is 9.68. The lowest BCUT2D eigenvalue weighted by molar-refractivity contribution is -0.142. The van der Waals surface area contributed by atoms with Crippen molar-refractivity contribution in [1.82, 2.24) is 41.9 Å². The number of imidazole rings is 1. The molecule has 1 aromatic rings. The van der Waals surface area contributed by atoms with Crippen LogP contribution in [-0.2, 0) is 97.1 Å². The van der Waals surface area contributed by atoms with Crippen LogP contribution in [0.25, 0.3) is 0 Å². The number of unbranched alkanes of at least 4 members (excludes halogenated alkanes) is 14. The fourth-order valence-electron chi connectivity index (χ4n) is 9.68. The number of nitrogens with zero attached hydrogens (tertiary/aromatic N) is 1. The summed E-state index contributed by atoms with van der Waals surface area (Å²) in [7, 11) is 0. The lowest BCUT2D eigenvalue weighted by atomic mass is 9.90. The van der Waals surface area contributed by atoms with Crippen molar-refractivity contribution in [3.63, 3.8) is 0 Å². The molecule has 31 nitrogen and oxygen atoms in total. The van der Waals surface area contributed by atoms with Gasteiger partial charge in [0.05, 0.1) is 104 Å². The van der Waals surface area contributed by atoms with E-state index in [0.717, 1.165) is 57.1 Å². The van der Waals surface area contributed by atoms with Crippen LogP contribution in [0, 0.1) is 5.92 Å². The monoisotopic (exact) mass is 1400 g/mol. The van der Waals surface area contributed by atoms with Gasteiger partial charge in [-0.05, 0) is 51.9 Å². The zero-order valence-electron chi connectivity index (χ0n) is 58.0. The van der Waals surface area contributed by atoms with E-state index in [1.807, 2.05) is 0 Å². The molecule has 12 N–H and O–H groups in total. The van der Waals surface area contributed by atoms with Crippen LogP contribution in [-0.4, -0.2) is 253 Å². The Kier molecular flexibility index (Phi) is 57.7. The number of H-pyrrole nitrogens is 1. The molecular formula is C67H117N9O22. The molecule has 0 bridgehead atoms. The summed E-state index contributed by atoms with van der Waals surface area (Å²) in [6, 6.07) is -2.78. The number of Topliss-reactive ketones (excluding diaryl/α,β-unsaturated/α-hetero) is 4. The van der Waals surface area contributed by atoms with E-state index in [-0.39, 0.29) is 223 Å². The zero-order valence-corrected chi connectivity index (χ0v) is 58.0. The molecule has 0 saturated heterocycles. The third kappa shape index (κ3) is 55.6. The largest absolute Gasteiger partial charge is 0.481 e. The van der Waals surface area contributed by atoms with E-state index in [2.05, 4.69) is 41.9 Å². The highest BCUT2D eigenvalue weighted by atomic mass is 16.5. The molecule has 1 heterocycles. The second kappa shape index (κ2) is 63.0. The predicted octanol–water partition coefficient (Wildman–Crippen LogP) is 2.15. The molecule has 0 fully saturated rings. The number of carboxylic acid groups (broad SMARTS) is 2. The van der Waals surface area contributed by atoms with Crippen molar-refractivity contribution in [2.45, 2.75) is 192 Å². The minimum absolute atomic E-state index is 0.0464. The van der Waals surface area contributed by atoms with E-state index >= 15 is 0 Å². The van der Waals surface area contributed by atoms with Crippen LogP contribution in [0.15, 0.2) is 12.5 Å². The summed E-state index contributed by atoms with van der Waals surface area (Å²) in [6.45, 7) is 3.54. The summed E-state index contributed by atoms with van der Waals surface area (Å²) in [5, 5.41) is 43.8. The van der Waals surface area contributed by atoms with E-state index < -0.39 is 42.6 Å². The standard InChI is InChI=1S/C67H117N9O22/c1-52(78)58(46-77)74-45-60(81)53(23-25-59(80)56(68)43-54-44-69-51-75-54)19-16-17-27-70-63(84)48-97-41-38-94-34-30-73-64(85)49-96-40-35-91-31-18-20-55(79)47-95-39-36-93-33-29-72-65(86)50-98-42-37-92-32-28-71-61(82)26-24-57(67(89)90)76-62(83)21-14-12-10-8-6-4-2-3-5-7-9-11-13-15-22-66(87)88/h44,51,53,56-58,74,77H,2-43,45-50,68H2,1H3,(H,69,75)(H,70,84)(H,71,82)(H,72,86)(H,73,85)(H,76,83)(H,87,88)(H,89,90)/t53-,56+,57+,58?/m1/s1. The van der Waals surface area contributed by atoms with Crippen LogP contribution >= 0.6 is 0 Å². The molecule has 31 heteroatoms. The molecule has 0 radical (unpaired) electrons. The Labute approximate surface area is 577 Å². The van der Waals surface area contributed by atoms with Gasteiger partial charge in [-0.2, -0.15) is 0 Å². The topological polar surface area (TPSA) is 449 Å². The first-order valence-corrected chi connectivity index (χ1v) is 35.0. The molecule has 4 atom stereocenters. The number of nitrogens with two attached hydrogens (primary N) is 1. The molecule has 1 rings (SSSR count). The van der Waals surface area contributed by atoms with Crippen LogP contribution in [0.1, 0.15) is 173 Å². The van der Waals surface area contributed by atoms with Crippen molar-refractivity contribution in [1.29, 1.82) is 0 Å². The van der Waals surface area contributed by atoms with E-state index in [1.54, 1.807) is 6.20 Å². The van der Waals surface area contributed by atoms with Crippen molar-refractivity contribution in [3.8, 4) is 0 Å². The Hall–Kier alpha value is -6.26. The SMILES string of the molecule is CC(=O)C(CO)NCC(=O)[C@H](CCCCNC(=O)COCCOCCNC(=O)COCCOCCCC(=O)COCCOCCNC(=O)COCCOCCNC(=O)CC[C@H](NC(=O)CCCCCCCCCCCCCCCCC(=O)O)C(=O)O)CCC(=O)[C@@H](N)Cc1cnc[nH]1. The van der Waals surface area contributed by atoms with Crippen molar-refractivity contribution in [2.24, 2.45) is 11.7 Å². The van der Waals surface area contributed by atoms with Gasteiger partial charge in [0.2, 0.25) is 29.5 Å². The maximum atomic E-state index is 13.1. The van der Waals surface area contributed by atoms with Gasteiger partial charge >= 0.3 is 11.9 Å². The number of carbonyl (C=O) groups is 11. The Balaban J connectivity index is 1.93. The van der Waals surface area contributed by atoms with Crippen LogP contribution in [0.5, 0.6) is 0 Å². The summed E-state index contributed by atoms with van der Waals surface area (Å²) in [4.78, 5) is 140. The van der Waals surface area contributed by atoms with Gasteiger partial charge in [-0.15, -0.1) is 0 Å². The molecule has 1 aromatic heterocycles. The van der Waals surface area contributed by atoms with Crippen molar-refractivity contribution < 1.29 is 106 Å². The van der Waals surface area contributed by atoms with Gasteiger partial charge < -0.3 is 90.5 Å². The third-order valence-electron chi connectivity index (χ3n) is 15.3. The second-order valence-corrected chi connectivity index (χ2v) is 23.8. The number of aliphatic hydroxyl groups excluding tert-OH is 1. The molecule has 0 aliphatic heterocycles. The molecule has 0 aliphatic rings. The molecule has 0 saturated carbocycles. The summed E-state index contributed by atoms with van der Waals surface area (Å²) in [6.07, 6.45) is 21.3. The van der Waals surface area contributed by atoms with E-state index in [9.17, 15) is 63.0 Å². The van der Waals surface area contributed by atoms with Gasteiger partial charge in [0.1, 0.15) is 49.8 Å². The minimum atomic E-state index is -1.20. The molecule has 98 heavy (non-hydrogen) atoms. The van der Waals surface area contributed by atoms with Gasteiger partial charge in [0.15, 0.2) is 5.78 Å². The highest BCUT2D eigenvalue weighted by molar-refractivity contribution is 5.88. The van der Waals surface area contributed by atoms with Crippen LogP contribution in [0.4, 0.5) is 0 Å². The van der Waals surface area contributed by atoms with Gasteiger partial charge in [-0.1, -0.05) is 83.5 Å². The van der Waals surface area contributed by atoms with E-state index in [0.29, 0.717) is 51.7 Å². The maximum absolute atomic E-state index is 13.1. The number of hydrogen-bond donors (Lipinski definition) is 11. The first-order chi connectivity index (χ1) is 47.4. The van der Waals surface area contributed by atoms with Gasteiger partial charge in [0, 0.05) is 89.1 Å². The lowest BCUT2D eigenvalue weighted by Crippen LogP contribution is -2.42. The highest BCUT2D eigenvalue weighted by Gasteiger charge is 2.25. The predicted molar refractivity (Wildman–Crippen MR) is 360 cm³/mol. The molecular weight excluding hydrogens is 1280 g/mol. The van der Waals surface area contributed by atoms with Gasteiger partial charge in [-0.25, -0.2) is 9.78 Å². The number of rotatable bonds is 72. The molecule has 5 amide bonds.